The zero-order valence-electron chi connectivity index (χ0n) is 18.5. The quantitative estimate of drug-likeness (QED) is 0.347. The van der Waals surface area contributed by atoms with Crippen LogP contribution in [0.15, 0.2) is 64.7 Å². The normalized spacial score (nSPS) is 11.3. The van der Waals surface area contributed by atoms with Crippen LogP contribution in [0.5, 0.6) is 0 Å². The maximum Gasteiger partial charge on any atom is 0.266 e. The average molecular weight is 448 g/mol. The lowest BCUT2D eigenvalue weighted by Crippen LogP contribution is -2.24. The highest BCUT2D eigenvalue weighted by Crippen LogP contribution is 2.25. The molecule has 0 bridgehead atoms. The number of aryl methyl sites for hydroxylation is 2. The number of thioether (sulfide) groups is 1. The van der Waals surface area contributed by atoms with Crippen molar-refractivity contribution in [1.82, 2.24) is 19.3 Å². The van der Waals surface area contributed by atoms with Gasteiger partial charge >= 0.3 is 0 Å². The molecule has 2 aromatic heterocycles. The number of benzene rings is 2. The molecule has 0 fully saturated rings. The van der Waals surface area contributed by atoms with Gasteiger partial charge in [-0.2, -0.15) is 5.10 Å². The van der Waals surface area contributed by atoms with Crippen molar-refractivity contribution in [3.05, 3.63) is 76.2 Å². The van der Waals surface area contributed by atoms with Crippen LogP contribution in [0, 0.1) is 13.8 Å². The molecular weight excluding hydrogens is 422 g/mol. The summed E-state index contributed by atoms with van der Waals surface area (Å²) in [6, 6.07) is 15.1. The number of carbonyl (C=O) groups excluding carboxylic acids is 1. The second-order valence-corrected chi connectivity index (χ2v) is 8.83. The second-order valence-electron chi connectivity index (χ2n) is 7.88. The zero-order chi connectivity index (χ0) is 22.8. The van der Waals surface area contributed by atoms with Gasteiger partial charge in [0, 0.05) is 12.1 Å². The molecule has 1 N–H and O–H groups in total. The van der Waals surface area contributed by atoms with E-state index in [9.17, 15) is 9.59 Å². The highest BCUT2D eigenvalue weighted by Gasteiger charge is 2.18. The van der Waals surface area contributed by atoms with E-state index in [4.69, 9.17) is 4.98 Å². The van der Waals surface area contributed by atoms with Crippen molar-refractivity contribution in [3.8, 4) is 5.69 Å². The Morgan fingerprint density at radius 3 is 2.50 bits per heavy atom. The first-order valence-corrected chi connectivity index (χ1v) is 11.4. The third-order valence-electron chi connectivity index (χ3n) is 5.17. The fourth-order valence-corrected chi connectivity index (χ4v) is 4.50. The van der Waals surface area contributed by atoms with Crippen molar-refractivity contribution in [2.24, 2.45) is 0 Å². The standard InChI is InChI=1S/C24H25N5O2S/c1-15(2)29-20(12-13-25-29)27-21(30)14-32-24-26-19-11-6-5-10-18(19)23(31)28(24)22-16(3)8-7-9-17(22)4/h5-13,15H,14H2,1-4H3,(H,27,30). The molecule has 4 aromatic rings. The molecule has 0 saturated carbocycles. The van der Waals surface area contributed by atoms with Crippen molar-refractivity contribution < 1.29 is 4.79 Å². The summed E-state index contributed by atoms with van der Waals surface area (Å²) in [6.45, 7) is 7.94. The molecule has 0 spiro atoms. The van der Waals surface area contributed by atoms with Crippen LogP contribution in [0.1, 0.15) is 31.0 Å². The Balaban J connectivity index is 1.71. The molecule has 0 radical (unpaired) electrons. The Bertz CT molecular complexity index is 1340. The first kappa shape index (κ1) is 21.8. The van der Waals surface area contributed by atoms with E-state index in [2.05, 4.69) is 10.4 Å². The predicted octanol–water partition coefficient (Wildman–Crippen LogP) is 4.51. The maximum absolute atomic E-state index is 13.5. The second kappa shape index (κ2) is 9.00. The van der Waals surface area contributed by atoms with Gasteiger partial charge in [0.2, 0.25) is 5.91 Å². The van der Waals surface area contributed by atoms with E-state index in [-0.39, 0.29) is 23.3 Å². The number of carbonyl (C=O) groups is 1. The van der Waals surface area contributed by atoms with Crippen LogP contribution >= 0.6 is 11.8 Å². The summed E-state index contributed by atoms with van der Waals surface area (Å²) >= 11 is 1.24. The van der Waals surface area contributed by atoms with Crippen molar-refractivity contribution in [2.75, 3.05) is 11.1 Å². The van der Waals surface area contributed by atoms with E-state index < -0.39 is 0 Å². The molecule has 0 atom stereocenters. The SMILES string of the molecule is Cc1cccc(C)c1-n1c(SCC(=O)Nc2ccnn2C(C)C)nc2ccccc2c1=O. The number of nitrogens with zero attached hydrogens (tertiary/aromatic N) is 4. The van der Waals surface area contributed by atoms with Crippen LogP contribution in [0.25, 0.3) is 16.6 Å². The number of rotatable bonds is 6. The molecule has 0 aliphatic rings. The van der Waals surface area contributed by atoms with Crippen molar-refractivity contribution in [1.29, 1.82) is 0 Å². The van der Waals surface area contributed by atoms with Gasteiger partial charge in [0.1, 0.15) is 5.82 Å². The molecule has 4 rings (SSSR count). The molecular formula is C24H25N5O2S. The van der Waals surface area contributed by atoms with Gasteiger partial charge in [-0.05, 0) is 51.0 Å². The van der Waals surface area contributed by atoms with E-state index in [1.165, 1.54) is 11.8 Å². The van der Waals surface area contributed by atoms with Gasteiger partial charge in [-0.15, -0.1) is 0 Å². The van der Waals surface area contributed by atoms with Gasteiger partial charge in [0.15, 0.2) is 5.16 Å². The summed E-state index contributed by atoms with van der Waals surface area (Å²) < 4.78 is 3.38. The molecule has 1 amide bonds. The minimum atomic E-state index is -0.187. The zero-order valence-corrected chi connectivity index (χ0v) is 19.3. The molecule has 7 nitrogen and oxygen atoms in total. The van der Waals surface area contributed by atoms with Gasteiger partial charge in [0.25, 0.3) is 5.56 Å². The van der Waals surface area contributed by atoms with Gasteiger partial charge in [-0.3, -0.25) is 14.2 Å². The Morgan fingerprint density at radius 2 is 1.78 bits per heavy atom. The molecule has 32 heavy (non-hydrogen) atoms. The van der Waals surface area contributed by atoms with E-state index in [1.54, 1.807) is 27.6 Å². The van der Waals surface area contributed by atoms with E-state index in [1.807, 2.05) is 64.1 Å². The number of hydrogen-bond acceptors (Lipinski definition) is 5. The molecule has 0 aliphatic heterocycles. The van der Waals surface area contributed by atoms with Crippen molar-refractivity contribution in [3.63, 3.8) is 0 Å². The van der Waals surface area contributed by atoms with Crippen LogP contribution in [-0.2, 0) is 4.79 Å². The summed E-state index contributed by atoms with van der Waals surface area (Å²) in [7, 11) is 0. The fraction of sp³-hybridized carbons (Fsp3) is 0.250. The molecule has 164 valence electrons. The Hall–Kier alpha value is -3.39. The van der Waals surface area contributed by atoms with Gasteiger partial charge < -0.3 is 5.32 Å². The number of nitrogens with one attached hydrogen (secondary N) is 1. The lowest BCUT2D eigenvalue weighted by molar-refractivity contribution is -0.113. The highest BCUT2D eigenvalue weighted by molar-refractivity contribution is 7.99. The van der Waals surface area contributed by atoms with Crippen LogP contribution in [0.2, 0.25) is 0 Å². The smallest absolute Gasteiger partial charge is 0.266 e. The molecule has 0 saturated heterocycles. The number of amides is 1. The van der Waals surface area contributed by atoms with E-state index >= 15 is 0 Å². The van der Waals surface area contributed by atoms with E-state index in [0.717, 1.165) is 16.8 Å². The van der Waals surface area contributed by atoms with Crippen molar-refractivity contribution >= 4 is 34.4 Å². The summed E-state index contributed by atoms with van der Waals surface area (Å²) in [4.78, 5) is 30.9. The Labute approximate surface area is 190 Å². The fourth-order valence-electron chi connectivity index (χ4n) is 3.70. The van der Waals surface area contributed by atoms with Gasteiger partial charge in [-0.1, -0.05) is 42.1 Å². The van der Waals surface area contributed by atoms with Crippen molar-refractivity contribution in [2.45, 2.75) is 38.9 Å². The minimum absolute atomic E-state index is 0.110. The third-order valence-corrected chi connectivity index (χ3v) is 6.11. The molecule has 0 unspecified atom stereocenters. The average Bonchev–Trinajstić information content (AvgIpc) is 3.22. The predicted molar refractivity (Wildman–Crippen MR) is 129 cm³/mol. The summed E-state index contributed by atoms with van der Waals surface area (Å²) in [5.74, 6) is 0.566. The number of hydrogen-bond donors (Lipinski definition) is 1. The number of anilines is 1. The lowest BCUT2D eigenvalue weighted by Gasteiger charge is -2.17. The minimum Gasteiger partial charge on any atom is -0.310 e. The summed E-state index contributed by atoms with van der Waals surface area (Å²) in [5, 5.41) is 8.18. The van der Waals surface area contributed by atoms with Gasteiger partial charge in [-0.25, -0.2) is 9.67 Å². The molecule has 2 heterocycles. The van der Waals surface area contributed by atoms with Gasteiger partial charge in [0.05, 0.1) is 28.5 Å². The van der Waals surface area contributed by atoms with Crippen LogP contribution in [-0.4, -0.2) is 31.0 Å². The lowest BCUT2D eigenvalue weighted by atomic mass is 10.1. The Kier molecular flexibility index (Phi) is 6.14. The first-order valence-electron chi connectivity index (χ1n) is 10.4. The Morgan fingerprint density at radius 1 is 1.06 bits per heavy atom. The largest absolute Gasteiger partial charge is 0.310 e. The van der Waals surface area contributed by atoms with Crippen LogP contribution < -0.4 is 10.9 Å². The summed E-state index contributed by atoms with van der Waals surface area (Å²) in [5.41, 5.74) is 3.21. The first-order chi connectivity index (χ1) is 15.4. The maximum atomic E-state index is 13.5. The third kappa shape index (κ3) is 4.18. The highest BCUT2D eigenvalue weighted by atomic mass is 32.2. The monoisotopic (exact) mass is 447 g/mol. The van der Waals surface area contributed by atoms with Crippen LogP contribution in [0.3, 0.4) is 0 Å². The topological polar surface area (TPSA) is 81.8 Å². The summed E-state index contributed by atoms with van der Waals surface area (Å²) in [6.07, 6.45) is 1.66. The molecule has 2 aromatic carbocycles. The molecule has 0 aliphatic carbocycles. The number of fused-ring (bicyclic) bond motifs is 1. The number of aromatic nitrogens is 4. The molecule has 8 heteroatoms. The number of para-hydroxylation sites is 2. The van der Waals surface area contributed by atoms with Crippen LogP contribution in [0.4, 0.5) is 5.82 Å². The van der Waals surface area contributed by atoms with E-state index in [0.29, 0.717) is 21.9 Å².